The van der Waals surface area contributed by atoms with Crippen LogP contribution in [-0.2, 0) is 0 Å². The second kappa shape index (κ2) is 4.84. The SMILES string of the molecule is CNc1nc(N2CC3CCCN3CC2C)c2cn[nH]c2n1. The van der Waals surface area contributed by atoms with Crippen LogP contribution in [0.2, 0.25) is 0 Å². The van der Waals surface area contributed by atoms with E-state index in [0.29, 0.717) is 18.0 Å². The Balaban J connectivity index is 1.76. The number of nitrogens with zero attached hydrogens (tertiary/aromatic N) is 5. The number of aromatic amines is 1. The van der Waals surface area contributed by atoms with Crippen molar-refractivity contribution in [1.82, 2.24) is 25.1 Å². The number of piperazine rings is 1. The second-order valence-corrected chi connectivity index (χ2v) is 6.05. The number of rotatable bonds is 2. The van der Waals surface area contributed by atoms with Crippen molar-refractivity contribution in [2.24, 2.45) is 0 Å². The van der Waals surface area contributed by atoms with Crippen molar-refractivity contribution in [3.8, 4) is 0 Å². The molecule has 21 heavy (non-hydrogen) atoms. The molecule has 0 saturated carbocycles. The first-order chi connectivity index (χ1) is 10.3. The Kier molecular flexibility index (Phi) is 2.95. The minimum absolute atomic E-state index is 0.456. The molecule has 0 amide bonds. The van der Waals surface area contributed by atoms with Crippen molar-refractivity contribution >= 4 is 22.8 Å². The summed E-state index contributed by atoms with van der Waals surface area (Å²) in [6.07, 6.45) is 4.44. The van der Waals surface area contributed by atoms with Crippen LogP contribution in [0.5, 0.6) is 0 Å². The largest absolute Gasteiger partial charge is 0.357 e. The van der Waals surface area contributed by atoms with E-state index in [1.807, 2.05) is 13.2 Å². The molecular formula is C14H21N7. The van der Waals surface area contributed by atoms with Gasteiger partial charge in [-0.15, -0.1) is 0 Å². The number of hydrogen-bond donors (Lipinski definition) is 2. The minimum Gasteiger partial charge on any atom is -0.357 e. The molecule has 2 saturated heterocycles. The van der Waals surface area contributed by atoms with Gasteiger partial charge in [-0.1, -0.05) is 0 Å². The predicted octanol–water partition coefficient (Wildman–Crippen LogP) is 1.07. The van der Waals surface area contributed by atoms with Crippen molar-refractivity contribution in [3.05, 3.63) is 6.20 Å². The first-order valence-corrected chi connectivity index (χ1v) is 7.66. The van der Waals surface area contributed by atoms with E-state index >= 15 is 0 Å². The summed E-state index contributed by atoms with van der Waals surface area (Å²) in [7, 11) is 1.85. The first-order valence-electron chi connectivity index (χ1n) is 7.66. The third kappa shape index (κ3) is 2.03. The standard InChI is InChI=1S/C14H21N7/c1-9-7-20-5-3-4-10(20)8-21(9)13-11-6-16-19-12(11)17-14(15-2)18-13/h6,9-10H,3-5,7-8H2,1-2H3,(H2,15,16,17,18,19). The van der Waals surface area contributed by atoms with E-state index in [0.717, 1.165) is 29.9 Å². The summed E-state index contributed by atoms with van der Waals surface area (Å²) in [6, 6.07) is 1.12. The number of hydrogen-bond acceptors (Lipinski definition) is 6. The lowest BCUT2D eigenvalue weighted by molar-refractivity contribution is 0.202. The number of aromatic nitrogens is 4. The molecule has 2 N–H and O–H groups in total. The van der Waals surface area contributed by atoms with E-state index in [4.69, 9.17) is 4.98 Å². The molecular weight excluding hydrogens is 266 g/mol. The minimum atomic E-state index is 0.456. The third-order valence-corrected chi connectivity index (χ3v) is 4.72. The smallest absolute Gasteiger partial charge is 0.226 e. The fourth-order valence-electron chi connectivity index (χ4n) is 3.63. The Bertz CT molecular complexity index is 652. The van der Waals surface area contributed by atoms with Crippen LogP contribution in [0, 0.1) is 0 Å². The van der Waals surface area contributed by atoms with Crippen LogP contribution in [0.4, 0.5) is 11.8 Å². The fourth-order valence-corrected chi connectivity index (χ4v) is 3.63. The highest BCUT2D eigenvalue weighted by Crippen LogP contribution is 2.31. The first kappa shape index (κ1) is 12.8. The summed E-state index contributed by atoms with van der Waals surface area (Å²) in [5.41, 5.74) is 0.797. The number of H-pyrrole nitrogens is 1. The van der Waals surface area contributed by atoms with Gasteiger partial charge in [-0.3, -0.25) is 10.00 Å². The quantitative estimate of drug-likeness (QED) is 0.861. The third-order valence-electron chi connectivity index (χ3n) is 4.72. The van der Waals surface area contributed by atoms with Gasteiger partial charge in [0.15, 0.2) is 5.65 Å². The molecule has 2 aromatic rings. The molecule has 2 fully saturated rings. The van der Waals surface area contributed by atoms with Crippen molar-refractivity contribution in [3.63, 3.8) is 0 Å². The van der Waals surface area contributed by atoms with Crippen molar-refractivity contribution < 1.29 is 0 Å². The lowest BCUT2D eigenvalue weighted by Gasteiger charge is -2.43. The Labute approximate surface area is 123 Å². The fraction of sp³-hybridized carbons (Fsp3) is 0.643. The van der Waals surface area contributed by atoms with Gasteiger partial charge in [-0.05, 0) is 26.3 Å². The van der Waals surface area contributed by atoms with Crippen molar-refractivity contribution in [2.75, 3.05) is 36.9 Å². The molecule has 7 nitrogen and oxygen atoms in total. The van der Waals surface area contributed by atoms with Crippen LogP contribution in [-0.4, -0.2) is 63.8 Å². The van der Waals surface area contributed by atoms with E-state index in [1.165, 1.54) is 19.4 Å². The van der Waals surface area contributed by atoms with Crippen LogP contribution in [0.1, 0.15) is 19.8 Å². The van der Waals surface area contributed by atoms with Gasteiger partial charge in [0.25, 0.3) is 0 Å². The molecule has 7 heteroatoms. The zero-order chi connectivity index (χ0) is 14.4. The lowest BCUT2D eigenvalue weighted by atomic mass is 10.1. The Morgan fingerprint density at radius 1 is 1.33 bits per heavy atom. The van der Waals surface area contributed by atoms with Gasteiger partial charge in [-0.25, -0.2) is 0 Å². The molecule has 2 aromatic heterocycles. The zero-order valence-electron chi connectivity index (χ0n) is 12.5. The van der Waals surface area contributed by atoms with Crippen LogP contribution in [0.3, 0.4) is 0 Å². The number of fused-ring (bicyclic) bond motifs is 2. The molecule has 2 unspecified atom stereocenters. The molecule has 4 heterocycles. The molecule has 2 aliphatic heterocycles. The molecule has 0 radical (unpaired) electrons. The van der Waals surface area contributed by atoms with E-state index in [1.54, 1.807) is 0 Å². The lowest BCUT2D eigenvalue weighted by Crippen LogP contribution is -2.55. The van der Waals surface area contributed by atoms with Gasteiger partial charge in [0.2, 0.25) is 5.95 Å². The Morgan fingerprint density at radius 2 is 2.24 bits per heavy atom. The van der Waals surface area contributed by atoms with Crippen molar-refractivity contribution in [2.45, 2.75) is 31.8 Å². The molecule has 2 atom stereocenters. The second-order valence-electron chi connectivity index (χ2n) is 6.05. The van der Waals surface area contributed by atoms with Gasteiger partial charge in [-0.2, -0.15) is 15.1 Å². The molecule has 0 aliphatic carbocycles. The highest BCUT2D eigenvalue weighted by atomic mass is 15.3. The van der Waals surface area contributed by atoms with Crippen LogP contribution >= 0.6 is 0 Å². The zero-order valence-corrected chi connectivity index (χ0v) is 12.5. The highest BCUT2D eigenvalue weighted by molar-refractivity contribution is 5.87. The molecule has 4 rings (SSSR count). The van der Waals surface area contributed by atoms with Crippen LogP contribution in [0.15, 0.2) is 6.20 Å². The maximum Gasteiger partial charge on any atom is 0.226 e. The van der Waals surface area contributed by atoms with Gasteiger partial charge >= 0.3 is 0 Å². The summed E-state index contributed by atoms with van der Waals surface area (Å²) in [6.45, 7) is 5.68. The average Bonchev–Trinajstić information content (AvgIpc) is 3.13. The highest BCUT2D eigenvalue weighted by Gasteiger charge is 2.35. The molecule has 112 valence electrons. The topological polar surface area (TPSA) is 73.0 Å². The summed E-state index contributed by atoms with van der Waals surface area (Å²) >= 11 is 0. The number of nitrogens with one attached hydrogen (secondary N) is 2. The van der Waals surface area contributed by atoms with Gasteiger partial charge < -0.3 is 10.2 Å². The Morgan fingerprint density at radius 3 is 3.10 bits per heavy atom. The molecule has 0 aromatic carbocycles. The van der Waals surface area contributed by atoms with Crippen LogP contribution < -0.4 is 10.2 Å². The summed E-state index contributed by atoms with van der Waals surface area (Å²) in [5, 5.41) is 11.1. The van der Waals surface area contributed by atoms with Gasteiger partial charge in [0.1, 0.15) is 5.82 Å². The van der Waals surface area contributed by atoms with E-state index < -0.39 is 0 Å². The molecule has 0 bridgehead atoms. The van der Waals surface area contributed by atoms with E-state index in [9.17, 15) is 0 Å². The summed E-state index contributed by atoms with van der Waals surface area (Å²) in [5.74, 6) is 1.64. The molecule has 0 spiro atoms. The van der Waals surface area contributed by atoms with E-state index in [2.05, 4.69) is 37.2 Å². The average molecular weight is 287 g/mol. The summed E-state index contributed by atoms with van der Waals surface area (Å²) in [4.78, 5) is 14.2. The van der Waals surface area contributed by atoms with Gasteiger partial charge in [0.05, 0.1) is 11.6 Å². The normalized spacial score (nSPS) is 26.3. The maximum absolute atomic E-state index is 4.71. The summed E-state index contributed by atoms with van der Waals surface area (Å²) < 4.78 is 0. The number of anilines is 2. The monoisotopic (exact) mass is 287 g/mol. The van der Waals surface area contributed by atoms with Crippen molar-refractivity contribution in [1.29, 1.82) is 0 Å². The van der Waals surface area contributed by atoms with Gasteiger partial charge in [0, 0.05) is 32.2 Å². The Hall–Kier alpha value is -1.89. The molecule has 2 aliphatic rings. The van der Waals surface area contributed by atoms with Crippen LogP contribution in [0.25, 0.3) is 11.0 Å². The predicted molar refractivity (Wildman–Crippen MR) is 82.6 cm³/mol. The maximum atomic E-state index is 4.71. The van der Waals surface area contributed by atoms with E-state index in [-0.39, 0.29) is 0 Å².